The predicted octanol–water partition coefficient (Wildman–Crippen LogP) is 2.05. The Hall–Kier alpha value is -1.51. The summed E-state index contributed by atoms with van der Waals surface area (Å²) in [5, 5.41) is 8.29. The first-order valence-electron chi connectivity index (χ1n) is 7.51. The third-order valence-corrected chi connectivity index (χ3v) is 7.04. The van der Waals surface area contributed by atoms with Gasteiger partial charge < -0.3 is 4.90 Å². The van der Waals surface area contributed by atoms with Crippen molar-refractivity contribution >= 4 is 27.0 Å². The molecule has 3 rings (SSSR count). The van der Waals surface area contributed by atoms with Crippen LogP contribution in [0.5, 0.6) is 0 Å². The van der Waals surface area contributed by atoms with Crippen molar-refractivity contribution in [3.8, 4) is 0 Å². The maximum atomic E-state index is 12.7. The van der Waals surface area contributed by atoms with Crippen LogP contribution in [0.3, 0.4) is 0 Å². The van der Waals surface area contributed by atoms with Gasteiger partial charge in [-0.05, 0) is 38.5 Å². The maximum absolute atomic E-state index is 12.7. The molecule has 0 bridgehead atoms. The Morgan fingerprint density at radius 3 is 2.61 bits per heavy atom. The van der Waals surface area contributed by atoms with Crippen LogP contribution >= 0.6 is 11.3 Å². The number of benzene rings is 1. The second-order valence-electron chi connectivity index (χ2n) is 5.83. The molecule has 1 atom stereocenters. The summed E-state index contributed by atoms with van der Waals surface area (Å²) in [6, 6.07) is 8.41. The molecule has 0 spiro atoms. The van der Waals surface area contributed by atoms with Crippen LogP contribution < -0.4 is 4.90 Å². The molecule has 2 aromatic rings. The van der Waals surface area contributed by atoms with Gasteiger partial charge in [0.25, 0.3) is 10.0 Å². The lowest BCUT2D eigenvalue weighted by Gasteiger charge is -2.40. The lowest BCUT2D eigenvalue weighted by atomic mass is 10.1. The fourth-order valence-corrected chi connectivity index (χ4v) is 5.44. The molecule has 124 valence electrons. The highest BCUT2D eigenvalue weighted by atomic mass is 32.2. The second kappa shape index (κ2) is 6.18. The first-order valence-corrected chi connectivity index (χ1v) is 9.77. The van der Waals surface area contributed by atoms with Gasteiger partial charge in [0.2, 0.25) is 4.34 Å². The molecule has 2 heterocycles. The SMILES string of the molecule is Cc1cccc(N2CCN(S(=O)(=O)c3nnc(C)s3)CC2C)c1. The van der Waals surface area contributed by atoms with Crippen molar-refractivity contribution in [2.45, 2.75) is 31.2 Å². The first kappa shape index (κ1) is 16.4. The van der Waals surface area contributed by atoms with E-state index in [4.69, 9.17) is 0 Å². The number of rotatable bonds is 3. The van der Waals surface area contributed by atoms with E-state index in [-0.39, 0.29) is 10.4 Å². The molecular formula is C15H20N4O2S2. The summed E-state index contributed by atoms with van der Waals surface area (Å²) in [6.07, 6.45) is 0. The van der Waals surface area contributed by atoms with Crippen LogP contribution in [-0.2, 0) is 10.0 Å². The largest absolute Gasteiger partial charge is 0.366 e. The second-order valence-corrected chi connectivity index (χ2v) is 9.12. The van der Waals surface area contributed by atoms with E-state index in [1.807, 2.05) is 6.07 Å². The smallest absolute Gasteiger partial charge is 0.272 e. The summed E-state index contributed by atoms with van der Waals surface area (Å²) < 4.78 is 26.9. The van der Waals surface area contributed by atoms with E-state index >= 15 is 0 Å². The van der Waals surface area contributed by atoms with Gasteiger partial charge in [-0.15, -0.1) is 10.2 Å². The summed E-state index contributed by atoms with van der Waals surface area (Å²) in [7, 11) is -3.54. The van der Waals surface area contributed by atoms with Gasteiger partial charge in [-0.2, -0.15) is 4.31 Å². The highest BCUT2D eigenvalue weighted by Gasteiger charge is 2.34. The minimum atomic E-state index is -3.54. The number of piperazine rings is 1. The molecule has 1 aliphatic rings. The number of sulfonamides is 1. The van der Waals surface area contributed by atoms with E-state index in [0.29, 0.717) is 24.6 Å². The molecule has 0 N–H and O–H groups in total. The molecule has 1 saturated heterocycles. The molecule has 0 amide bonds. The van der Waals surface area contributed by atoms with Gasteiger partial charge in [0, 0.05) is 31.4 Å². The Morgan fingerprint density at radius 2 is 2.00 bits per heavy atom. The number of anilines is 1. The van der Waals surface area contributed by atoms with E-state index in [9.17, 15) is 8.42 Å². The van der Waals surface area contributed by atoms with Crippen molar-refractivity contribution in [1.29, 1.82) is 0 Å². The number of aryl methyl sites for hydroxylation is 2. The van der Waals surface area contributed by atoms with Gasteiger partial charge in [-0.1, -0.05) is 23.5 Å². The van der Waals surface area contributed by atoms with Crippen LogP contribution in [0.15, 0.2) is 28.6 Å². The predicted molar refractivity (Wildman–Crippen MR) is 91.4 cm³/mol. The summed E-state index contributed by atoms with van der Waals surface area (Å²) in [6.45, 7) is 7.45. The summed E-state index contributed by atoms with van der Waals surface area (Å²) in [5.41, 5.74) is 2.34. The van der Waals surface area contributed by atoms with Crippen molar-refractivity contribution in [1.82, 2.24) is 14.5 Å². The topological polar surface area (TPSA) is 66.4 Å². The van der Waals surface area contributed by atoms with E-state index in [0.717, 1.165) is 17.0 Å². The molecule has 8 heteroatoms. The number of hydrogen-bond donors (Lipinski definition) is 0. The van der Waals surface area contributed by atoms with Crippen LogP contribution in [0.1, 0.15) is 17.5 Å². The highest BCUT2D eigenvalue weighted by Crippen LogP contribution is 2.26. The van der Waals surface area contributed by atoms with E-state index in [1.165, 1.54) is 9.87 Å². The van der Waals surface area contributed by atoms with Crippen molar-refractivity contribution in [2.24, 2.45) is 0 Å². The Kier molecular flexibility index (Phi) is 4.39. The van der Waals surface area contributed by atoms with Crippen molar-refractivity contribution < 1.29 is 8.42 Å². The fourth-order valence-electron chi connectivity index (χ4n) is 2.83. The standard InChI is InChI=1S/C15H20N4O2S2/c1-11-5-4-6-14(9-11)19-8-7-18(10-12(19)2)23(20,21)15-17-16-13(3)22-15/h4-6,9,12H,7-8,10H2,1-3H3. The highest BCUT2D eigenvalue weighted by molar-refractivity contribution is 7.91. The van der Waals surface area contributed by atoms with Crippen LogP contribution in [0.25, 0.3) is 0 Å². The Labute approximate surface area is 140 Å². The van der Waals surface area contributed by atoms with Crippen molar-refractivity contribution in [2.75, 3.05) is 24.5 Å². The van der Waals surface area contributed by atoms with Gasteiger partial charge in [-0.25, -0.2) is 8.42 Å². The molecule has 6 nitrogen and oxygen atoms in total. The van der Waals surface area contributed by atoms with Gasteiger partial charge in [0.1, 0.15) is 5.01 Å². The van der Waals surface area contributed by atoms with Gasteiger partial charge in [0.05, 0.1) is 0 Å². The number of hydrogen-bond acceptors (Lipinski definition) is 6. The van der Waals surface area contributed by atoms with Crippen LogP contribution in [0, 0.1) is 13.8 Å². The molecule has 0 saturated carbocycles. The van der Waals surface area contributed by atoms with Crippen LogP contribution in [0.2, 0.25) is 0 Å². The van der Waals surface area contributed by atoms with Crippen molar-refractivity contribution in [3.63, 3.8) is 0 Å². The average Bonchev–Trinajstić information content (AvgIpc) is 2.94. The van der Waals surface area contributed by atoms with E-state index < -0.39 is 10.0 Å². The molecule has 1 unspecified atom stereocenters. The van der Waals surface area contributed by atoms with Crippen LogP contribution in [-0.4, -0.2) is 48.6 Å². The Bertz CT molecular complexity index is 803. The monoisotopic (exact) mass is 352 g/mol. The van der Waals surface area contributed by atoms with E-state index in [1.54, 1.807) is 6.92 Å². The van der Waals surface area contributed by atoms with E-state index in [2.05, 4.69) is 47.1 Å². The fraction of sp³-hybridized carbons (Fsp3) is 0.467. The molecule has 0 aliphatic carbocycles. The molecule has 23 heavy (non-hydrogen) atoms. The Morgan fingerprint density at radius 1 is 1.22 bits per heavy atom. The molecular weight excluding hydrogens is 332 g/mol. The molecule has 1 aliphatic heterocycles. The van der Waals surface area contributed by atoms with Crippen LogP contribution in [0.4, 0.5) is 5.69 Å². The quantitative estimate of drug-likeness (QED) is 0.846. The zero-order valence-corrected chi connectivity index (χ0v) is 15.1. The third-order valence-electron chi connectivity index (χ3n) is 3.99. The summed E-state index contributed by atoms with van der Waals surface area (Å²) >= 11 is 1.12. The average molecular weight is 352 g/mol. The Balaban J connectivity index is 1.78. The van der Waals surface area contributed by atoms with Gasteiger partial charge in [-0.3, -0.25) is 0 Å². The lowest BCUT2D eigenvalue weighted by molar-refractivity contribution is 0.342. The molecule has 1 aromatic carbocycles. The lowest BCUT2D eigenvalue weighted by Crippen LogP contribution is -2.53. The zero-order valence-electron chi connectivity index (χ0n) is 13.4. The molecule has 1 fully saturated rings. The van der Waals surface area contributed by atoms with Gasteiger partial charge in [0.15, 0.2) is 0 Å². The third kappa shape index (κ3) is 3.24. The molecule has 0 radical (unpaired) electrons. The minimum Gasteiger partial charge on any atom is -0.366 e. The number of aromatic nitrogens is 2. The number of nitrogens with zero attached hydrogens (tertiary/aromatic N) is 4. The maximum Gasteiger partial charge on any atom is 0.272 e. The normalized spacial score (nSPS) is 20.0. The molecule has 1 aromatic heterocycles. The summed E-state index contributed by atoms with van der Waals surface area (Å²) in [5.74, 6) is 0. The minimum absolute atomic E-state index is 0.0891. The first-order chi connectivity index (χ1) is 10.9. The van der Waals surface area contributed by atoms with Crippen molar-refractivity contribution in [3.05, 3.63) is 34.8 Å². The zero-order chi connectivity index (χ0) is 16.6. The summed E-state index contributed by atoms with van der Waals surface area (Å²) in [4.78, 5) is 2.25. The van der Waals surface area contributed by atoms with Gasteiger partial charge >= 0.3 is 0 Å².